The van der Waals surface area contributed by atoms with E-state index in [4.69, 9.17) is 4.74 Å². The Kier molecular flexibility index (Phi) is 7.06. The van der Waals surface area contributed by atoms with Crippen LogP contribution in [0.5, 0.6) is 0 Å². The van der Waals surface area contributed by atoms with Gasteiger partial charge < -0.3 is 9.84 Å². The number of hydrogen-bond acceptors (Lipinski definition) is 2. The van der Waals surface area contributed by atoms with E-state index in [1.807, 2.05) is 0 Å². The molecule has 0 amide bonds. The average molecular weight is 443 g/mol. The lowest BCUT2D eigenvalue weighted by atomic mass is 9.46. The maximum Gasteiger partial charge on any atom is 0.102 e. The summed E-state index contributed by atoms with van der Waals surface area (Å²) in [5.74, 6) is 5.34. The minimum atomic E-state index is -0.401. The number of rotatable bonds is 6. The number of hydrogen-bond donors (Lipinski definition) is 1. The number of ether oxygens (including phenoxy) is 1. The summed E-state index contributed by atoms with van der Waals surface area (Å²) in [6.45, 7) is 14.7. The molecule has 2 heteroatoms. The Morgan fingerprint density at radius 3 is 2.47 bits per heavy atom. The van der Waals surface area contributed by atoms with Gasteiger partial charge in [-0.2, -0.15) is 0 Å². The predicted octanol–water partition coefficient (Wildman–Crippen LogP) is 7.43. The van der Waals surface area contributed by atoms with Crippen molar-refractivity contribution in [2.45, 2.75) is 105 Å². The van der Waals surface area contributed by atoms with E-state index in [-0.39, 0.29) is 11.5 Å². The summed E-state index contributed by atoms with van der Waals surface area (Å²) in [5, 5.41) is 11.0. The smallest absolute Gasteiger partial charge is 0.102 e. The van der Waals surface area contributed by atoms with Gasteiger partial charge in [0.15, 0.2) is 0 Å². The van der Waals surface area contributed by atoms with Crippen LogP contribution in [-0.2, 0) is 4.74 Å². The van der Waals surface area contributed by atoms with E-state index in [0.29, 0.717) is 17.3 Å². The van der Waals surface area contributed by atoms with E-state index >= 15 is 0 Å². The van der Waals surface area contributed by atoms with E-state index in [2.05, 4.69) is 59.8 Å². The van der Waals surface area contributed by atoms with Gasteiger partial charge in [0, 0.05) is 7.11 Å². The topological polar surface area (TPSA) is 29.5 Å². The molecule has 0 aromatic heterocycles. The van der Waals surface area contributed by atoms with E-state index < -0.39 is 6.10 Å². The summed E-state index contributed by atoms with van der Waals surface area (Å²) >= 11 is 0. The van der Waals surface area contributed by atoms with E-state index in [9.17, 15) is 5.11 Å². The largest absolute Gasteiger partial charge is 0.386 e. The van der Waals surface area contributed by atoms with Gasteiger partial charge >= 0.3 is 0 Å². The highest BCUT2D eigenvalue weighted by Crippen LogP contribution is 2.67. The minimum Gasteiger partial charge on any atom is -0.386 e. The normalized spacial score (nSPS) is 45.8. The molecule has 4 aliphatic rings. The zero-order valence-electron chi connectivity index (χ0n) is 21.9. The quantitative estimate of drug-likeness (QED) is 0.433. The number of fused-ring (bicyclic) bond motifs is 5. The van der Waals surface area contributed by atoms with Crippen LogP contribution >= 0.6 is 0 Å². The van der Waals surface area contributed by atoms with Crippen LogP contribution in [0.3, 0.4) is 0 Å². The molecule has 0 aliphatic heterocycles. The maximum absolute atomic E-state index is 11.0. The molecule has 3 saturated carbocycles. The second-order valence-corrected chi connectivity index (χ2v) is 12.7. The van der Waals surface area contributed by atoms with Gasteiger partial charge in [-0.1, -0.05) is 59.8 Å². The van der Waals surface area contributed by atoms with Crippen LogP contribution in [-0.4, -0.2) is 24.4 Å². The van der Waals surface area contributed by atoms with Crippen molar-refractivity contribution in [1.82, 2.24) is 0 Å². The predicted molar refractivity (Wildman–Crippen MR) is 134 cm³/mol. The van der Waals surface area contributed by atoms with Crippen molar-refractivity contribution < 1.29 is 9.84 Å². The highest BCUT2D eigenvalue weighted by molar-refractivity contribution is 5.29. The lowest BCUT2D eigenvalue weighted by molar-refractivity contribution is -0.0865. The van der Waals surface area contributed by atoms with Crippen molar-refractivity contribution in [2.75, 3.05) is 7.11 Å². The Hall–Kier alpha value is -0.600. The molecule has 0 bridgehead atoms. The molecule has 0 spiro atoms. The highest BCUT2D eigenvalue weighted by atomic mass is 16.5. The van der Waals surface area contributed by atoms with E-state index in [1.54, 1.807) is 7.11 Å². The van der Waals surface area contributed by atoms with Gasteiger partial charge in [-0.05, 0) is 109 Å². The Morgan fingerprint density at radius 1 is 1.06 bits per heavy atom. The molecular weight excluding hydrogens is 392 g/mol. The molecule has 4 aliphatic carbocycles. The first-order valence-corrected chi connectivity index (χ1v) is 13.8. The van der Waals surface area contributed by atoms with Crippen LogP contribution in [0.4, 0.5) is 0 Å². The van der Waals surface area contributed by atoms with Gasteiger partial charge in [-0.25, -0.2) is 0 Å². The molecule has 0 saturated heterocycles. The van der Waals surface area contributed by atoms with Crippen molar-refractivity contribution >= 4 is 0 Å². The molecule has 2 nitrogen and oxygen atoms in total. The number of allylic oxidation sites excluding steroid dienone is 3. The summed E-state index contributed by atoms with van der Waals surface area (Å²) in [6.07, 6.45) is 17.3. The first-order valence-electron chi connectivity index (χ1n) is 13.8. The lowest BCUT2D eigenvalue weighted by Crippen LogP contribution is -2.54. The molecule has 182 valence electrons. The third-order valence-electron chi connectivity index (χ3n) is 11.1. The molecule has 32 heavy (non-hydrogen) atoms. The van der Waals surface area contributed by atoms with Crippen LogP contribution in [0.1, 0.15) is 92.9 Å². The summed E-state index contributed by atoms with van der Waals surface area (Å²) in [7, 11) is 1.76. The fourth-order valence-corrected chi connectivity index (χ4v) is 9.14. The van der Waals surface area contributed by atoms with Gasteiger partial charge in [0.1, 0.15) is 6.10 Å². The van der Waals surface area contributed by atoms with Crippen LogP contribution < -0.4 is 0 Å². The Balaban J connectivity index is 1.53. The second kappa shape index (κ2) is 9.21. The first kappa shape index (κ1) is 24.5. The van der Waals surface area contributed by atoms with Gasteiger partial charge in [0.25, 0.3) is 0 Å². The molecule has 0 heterocycles. The molecule has 10 unspecified atom stereocenters. The van der Waals surface area contributed by atoms with Gasteiger partial charge in [-0.15, -0.1) is 0 Å². The Morgan fingerprint density at radius 2 is 1.81 bits per heavy atom. The molecule has 1 N–H and O–H groups in total. The van der Waals surface area contributed by atoms with Gasteiger partial charge in [0.2, 0.25) is 0 Å². The maximum atomic E-state index is 11.0. The fraction of sp³-hybridized carbons (Fsp3) is 0.867. The molecule has 0 radical (unpaired) electrons. The number of aliphatic hydroxyl groups is 1. The molecular formula is C30H50O2. The number of aliphatic hydroxyl groups excluding tert-OH is 1. The van der Waals surface area contributed by atoms with Crippen molar-refractivity contribution in [2.24, 2.45) is 52.3 Å². The monoisotopic (exact) mass is 442 g/mol. The average Bonchev–Trinajstić information content (AvgIpc) is 3.11. The SMILES string of the molecule is CCC(C=CC(C)C1CCC2C3CC=C4C(O)C(OC)CCC4(C)C3CCC12C)C(C)C. The summed E-state index contributed by atoms with van der Waals surface area (Å²) in [6, 6.07) is 0. The summed E-state index contributed by atoms with van der Waals surface area (Å²) in [4.78, 5) is 0. The fourth-order valence-electron chi connectivity index (χ4n) is 9.14. The first-order chi connectivity index (χ1) is 15.2. The second-order valence-electron chi connectivity index (χ2n) is 12.7. The standard InChI is InChI=1S/C30H50O2/c1-8-21(19(2)3)10-9-20(4)23-13-14-24-22-11-12-26-28(31)27(32-7)16-18-30(26,6)25(22)15-17-29(23,24)5/h9-10,12,19-25,27-28,31H,8,11,13-18H2,1-7H3. The van der Waals surface area contributed by atoms with Crippen molar-refractivity contribution in [3.05, 3.63) is 23.8 Å². The van der Waals surface area contributed by atoms with Crippen molar-refractivity contribution in [3.63, 3.8) is 0 Å². The summed E-state index contributed by atoms with van der Waals surface area (Å²) < 4.78 is 5.62. The van der Waals surface area contributed by atoms with Crippen LogP contribution in [0.15, 0.2) is 23.8 Å². The minimum absolute atomic E-state index is 0.0129. The van der Waals surface area contributed by atoms with Crippen molar-refractivity contribution in [1.29, 1.82) is 0 Å². The van der Waals surface area contributed by atoms with E-state index in [1.165, 1.54) is 50.5 Å². The molecule has 0 aromatic carbocycles. The van der Waals surface area contributed by atoms with Gasteiger partial charge in [-0.3, -0.25) is 0 Å². The zero-order chi connectivity index (χ0) is 23.3. The van der Waals surface area contributed by atoms with Crippen LogP contribution in [0.2, 0.25) is 0 Å². The highest BCUT2D eigenvalue weighted by Gasteiger charge is 2.60. The summed E-state index contributed by atoms with van der Waals surface area (Å²) in [5.41, 5.74) is 1.97. The molecule has 4 rings (SSSR count). The van der Waals surface area contributed by atoms with Gasteiger partial charge in [0.05, 0.1) is 6.10 Å². The van der Waals surface area contributed by atoms with Crippen LogP contribution in [0, 0.1) is 52.3 Å². The Bertz CT molecular complexity index is 722. The molecule has 3 fully saturated rings. The Labute approximate surface area is 198 Å². The third-order valence-corrected chi connectivity index (χ3v) is 11.1. The van der Waals surface area contributed by atoms with Crippen LogP contribution in [0.25, 0.3) is 0 Å². The number of methoxy groups -OCH3 is 1. The zero-order valence-corrected chi connectivity index (χ0v) is 21.9. The lowest BCUT2D eigenvalue weighted by Gasteiger charge is -2.59. The molecule has 0 aromatic rings. The van der Waals surface area contributed by atoms with E-state index in [0.717, 1.165) is 36.0 Å². The van der Waals surface area contributed by atoms with Crippen molar-refractivity contribution in [3.8, 4) is 0 Å². The third kappa shape index (κ3) is 3.86. The molecule has 10 atom stereocenters.